The molecule has 0 bridgehead atoms. The van der Waals surface area contributed by atoms with Crippen molar-refractivity contribution < 1.29 is 5.11 Å². The van der Waals surface area contributed by atoms with Crippen molar-refractivity contribution in [2.24, 2.45) is 0 Å². The van der Waals surface area contributed by atoms with Crippen LogP contribution in [-0.4, -0.2) is 25.3 Å². The fourth-order valence-corrected chi connectivity index (χ4v) is 1.91. The highest BCUT2D eigenvalue weighted by molar-refractivity contribution is 5.47. The van der Waals surface area contributed by atoms with E-state index in [1.807, 2.05) is 0 Å². The molecule has 1 aliphatic heterocycles. The van der Waals surface area contributed by atoms with Gasteiger partial charge in [0, 0.05) is 25.9 Å². The molecular formula is C13H21NO. The van der Waals surface area contributed by atoms with Gasteiger partial charge in [-0.3, -0.25) is 0 Å². The summed E-state index contributed by atoms with van der Waals surface area (Å²) in [7, 11) is 1.00. The molecule has 84 valence electrons. The van der Waals surface area contributed by atoms with Crippen molar-refractivity contribution >= 4 is 5.69 Å². The molecule has 1 aromatic carbocycles. The molecule has 15 heavy (non-hydrogen) atoms. The van der Waals surface area contributed by atoms with Gasteiger partial charge in [0.1, 0.15) is 0 Å². The predicted octanol–water partition coefficient (Wildman–Crippen LogP) is 2.59. The Labute approximate surface area is 92.5 Å². The van der Waals surface area contributed by atoms with Gasteiger partial charge in [-0.2, -0.15) is 0 Å². The van der Waals surface area contributed by atoms with Gasteiger partial charge in [0.25, 0.3) is 0 Å². The first-order valence-corrected chi connectivity index (χ1v) is 5.62. The van der Waals surface area contributed by atoms with Crippen LogP contribution in [0.4, 0.5) is 5.69 Å². The minimum atomic E-state index is 1.00. The summed E-state index contributed by atoms with van der Waals surface area (Å²) in [6.07, 6.45) is 4.12. The van der Waals surface area contributed by atoms with E-state index >= 15 is 0 Å². The zero-order chi connectivity index (χ0) is 11.1. The van der Waals surface area contributed by atoms with Gasteiger partial charge in [-0.25, -0.2) is 0 Å². The van der Waals surface area contributed by atoms with Crippen LogP contribution in [0.25, 0.3) is 0 Å². The first-order valence-electron chi connectivity index (χ1n) is 5.62. The molecule has 2 rings (SSSR count). The summed E-state index contributed by atoms with van der Waals surface area (Å²) >= 11 is 0. The van der Waals surface area contributed by atoms with Crippen LogP contribution in [0, 0.1) is 6.92 Å². The molecular weight excluding hydrogens is 186 g/mol. The lowest BCUT2D eigenvalue weighted by Crippen LogP contribution is -2.29. The van der Waals surface area contributed by atoms with Crippen LogP contribution >= 0.6 is 0 Å². The lowest BCUT2D eigenvalue weighted by atomic mass is 10.1. The molecule has 1 heterocycles. The highest BCUT2D eigenvalue weighted by Crippen LogP contribution is 2.19. The number of hydrogen-bond acceptors (Lipinski definition) is 2. The number of aryl methyl sites for hydroxylation is 1. The minimum absolute atomic E-state index is 1.00. The number of aliphatic hydroxyl groups excluding tert-OH is 1. The van der Waals surface area contributed by atoms with Gasteiger partial charge in [-0.1, -0.05) is 17.7 Å². The molecule has 1 fully saturated rings. The molecule has 0 unspecified atom stereocenters. The van der Waals surface area contributed by atoms with E-state index in [9.17, 15) is 0 Å². The van der Waals surface area contributed by atoms with E-state index in [0.29, 0.717) is 0 Å². The molecule has 1 N–H and O–H groups in total. The van der Waals surface area contributed by atoms with Crippen LogP contribution in [0.3, 0.4) is 0 Å². The van der Waals surface area contributed by atoms with Gasteiger partial charge < -0.3 is 10.0 Å². The van der Waals surface area contributed by atoms with Crippen molar-refractivity contribution in [2.75, 3.05) is 25.1 Å². The second-order valence-corrected chi connectivity index (χ2v) is 3.88. The van der Waals surface area contributed by atoms with Crippen molar-refractivity contribution in [1.82, 2.24) is 0 Å². The summed E-state index contributed by atoms with van der Waals surface area (Å²) in [6, 6.07) is 8.87. The topological polar surface area (TPSA) is 23.5 Å². The maximum Gasteiger partial charge on any atom is 0.0366 e. The Kier molecular flexibility index (Phi) is 5.19. The molecule has 0 aromatic heterocycles. The van der Waals surface area contributed by atoms with Gasteiger partial charge in [0.2, 0.25) is 0 Å². The molecule has 2 nitrogen and oxygen atoms in total. The van der Waals surface area contributed by atoms with Crippen LogP contribution < -0.4 is 4.90 Å². The third-order valence-corrected chi connectivity index (χ3v) is 2.76. The predicted molar refractivity (Wildman–Crippen MR) is 65.4 cm³/mol. The number of rotatable bonds is 1. The molecule has 0 amide bonds. The van der Waals surface area contributed by atoms with Crippen molar-refractivity contribution in [1.29, 1.82) is 0 Å². The Morgan fingerprint density at radius 1 is 0.933 bits per heavy atom. The second kappa shape index (κ2) is 6.46. The molecule has 1 saturated heterocycles. The second-order valence-electron chi connectivity index (χ2n) is 3.88. The fourth-order valence-electron chi connectivity index (χ4n) is 1.91. The molecule has 1 aliphatic rings. The summed E-state index contributed by atoms with van der Waals surface area (Å²) in [5.41, 5.74) is 2.74. The van der Waals surface area contributed by atoms with E-state index in [1.165, 1.54) is 43.6 Å². The average Bonchev–Trinajstić information content (AvgIpc) is 2.34. The Bertz CT molecular complexity index is 262. The fraction of sp³-hybridized carbons (Fsp3) is 0.538. The van der Waals surface area contributed by atoms with Gasteiger partial charge >= 0.3 is 0 Å². The number of piperidine rings is 1. The largest absolute Gasteiger partial charge is 0.400 e. The monoisotopic (exact) mass is 207 g/mol. The Morgan fingerprint density at radius 3 is 2.00 bits per heavy atom. The van der Waals surface area contributed by atoms with E-state index in [2.05, 4.69) is 36.1 Å². The smallest absolute Gasteiger partial charge is 0.0366 e. The highest BCUT2D eigenvalue weighted by atomic mass is 16.2. The molecule has 0 spiro atoms. The first-order chi connectivity index (χ1) is 7.36. The van der Waals surface area contributed by atoms with Crippen LogP contribution in [-0.2, 0) is 0 Å². The zero-order valence-electron chi connectivity index (χ0n) is 9.74. The summed E-state index contributed by atoms with van der Waals surface area (Å²) in [5, 5.41) is 7.00. The maximum absolute atomic E-state index is 7.00. The molecule has 0 aliphatic carbocycles. The lowest BCUT2D eigenvalue weighted by molar-refractivity contribution is 0.399. The van der Waals surface area contributed by atoms with Crippen molar-refractivity contribution in [3.8, 4) is 0 Å². The Balaban J connectivity index is 0.000000531. The Morgan fingerprint density at radius 2 is 1.47 bits per heavy atom. The molecule has 0 saturated carbocycles. The first kappa shape index (κ1) is 12.1. The van der Waals surface area contributed by atoms with Crippen molar-refractivity contribution in [3.05, 3.63) is 29.8 Å². The van der Waals surface area contributed by atoms with E-state index < -0.39 is 0 Å². The van der Waals surface area contributed by atoms with Crippen LogP contribution in [0.5, 0.6) is 0 Å². The van der Waals surface area contributed by atoms with Crippen LogP contribution in [0.1, 0.15) is 24.8 Å². The lowest BCUT2D eigenvalue weighted by Gasteiger charge is -2.28. The van der Waals surface area contributed by atoms with Crippen LogP contribution in [0.2, 0.25) is 0 Å². The third kappa shape index (κ3) is 3.56. The molecule has 0 radical (unpaired) electrons. The minimum Gasteiger partial charge on any atom is -0.400 e. The van der Waals surface area contributed by atoms with Gasteiger partial charge in [-0.15, -0.1) is 0 Å². The van der Waals surface area contributed by atoms with E-state index in [4.69, 9.17) is 5.11 Å². The molecule has 1 aromatic rings. The quantitative estimate of drug-likeness (QED) is 0.765. The normalized spacial score (nSPS) is 15.5. The summed E-state index contributed by atoms with van der Waals surface area (Å²) < 4.78 is 0. The number of nitrogens with zero attached hydrogens (tertiary/aromatic N) is 1. The number of hydrogen-bond donors (Lipinski definition) is 1. The van der Waals surface area contributed by atoms with E-state index in [1.54, 1.807) is 0 Å². The van der Waals surface area contributed by atoms with Crippen molar-refractivity contribution in [3.63, 3.8) is 0 Å². The van der Waals surface area contributed by atoms with Gasteiger partial charge in [0.15, 0.2) is 0 Å². The molecule has 0 atom stereocenters. The maximum atomic E-state index is 7.00. The average molecular weight is 207 g/mol. The highest BCUT2D eigenvalue weighted by Gasteiger charge is 2.09. The SMILES string of the molecule is CO.Cc1ccc(N2CCCCC2)cc1. The van der Waals surface area contributed by atoms with Crippen molar-refractivity contribution in [2.45, 2.75) is 26.2 Å². The molecule has 2 heteroatoms. The van der Waals surface area contributed by atoms with Gasteiger partial charge in [0.05, 0.1) is 0 Å². The number of aliphatic hydroxyl groups is 1. The van der Waals surface area contributed by atoms with E-state index in [0.717, 1.165) is 7.11 Å². The third-order valence-electron chi connectivity index (χ3n) is 2.76. The summed E-state index contributed by atoms with van der Waals surface area (Å²) in [6.45, 7) is 4.62. The summed E-state index contributed by atoms with van der Waals surface area (Å²) in [5.74, 6) is 0. The van der Waals surface area contributed by atoms with Gasteiger partial charge in [-0.05, 0) is 38.3 Å². The zero-order valence-corrected chi connectivity index (χ0v) is 9.74. The Hall–Kier alpha value is -1.02. The van der Waals surface area contributed by atoms with E-state index in [-0.39, 0.29) is 0 Å². The number of anilines is 1. The number of benzene rings is 1. The standard InChI is InChI=1S/C12H17N.CH4O/c1-11-5-7-12(8-6-11)13-9-3-2-4-10-13;1-2/h5-8H,2-4,9-10H2,1H3;2H,1H3. The summed E-state index contributed by atoms with van der Waals surface area (Å²) in [4.78, 5) is 2.49. The van der Waals surface area contributed by atoms with Crippen LogP contribution in [0.15, 0.2) is 24.3 Å².